The Hall–Kier alpha value is -4.77. The summed E-state index contributed by atoms with van der Waals surface area (Å²) >= 11 is 0. The number of ether oxygens (including phenoxy) is 2. The van der Waals surface area contributed by atoms with Crippen LogP contribution in [-0.2, 0) is 10.2 Å². The van der Waals surface area contributed by atoms with Crippen LogP contribution in [0.1, 0.15) is 50.5 Å². The van der Waals surface area contributed by atoms with E-state index in [9.17, 15) is 24.2 Å². The number of aliphatic carboxylic acids is 1. The highest BCUT2D eigenvalue weighted by Crippen LogP contribution is 2.48. The molecule has 47 heavy (non-hydrogen) atoms. The first-order valence-electron chi connectivity index (χ1n) is 15.8. The molecule has 0 spiro atoms. The number of urea groups is 1. The molecule has 2 amide bonds. The second-order valence-corrected chi connectivity index (χ2v) is 12.4. The summed E-state index contributed by atoms with van der Waals surface area (Å²) < 4.78 is 25.6. The number of carbonyl (C=O) groups excluding carboxylic acids is 1. The SMILES string of the molecule is C=NCCC(CCN=C)CC1(O)CCN(C(=O)Nc2cc(Oc3ccc(F)cc3)cc(Oc3ccc(C4(C(=O)O)CC4)cc3)c2)CC1. The zero-order valence-corrected chi connectivity index (χ0v) is 26.4. The van der Waals surface area contributed by atoms with E-state index in [1.165, 1.54) is 24.3 Å². The Morgan fingerprint density at radius 2 is 1.38 bits per heavy atom. The number of nitrogens with one attached hydrogen (secondary N) is 1. The van der Waals surface area contributed by atoms with Gasteiger partial charge in [0.25, 0.3) is 0 Å². The van der Waals surface area contributed by atoms with Gasteiger partial charge in [-0.1, -0.05) is 12.1 Å². The fourth-order valence-electron chi connectivity index (χ4n) is 6.10. The highest BCUT2D eigenvalue weighted by atomic mass is 19.1. The van der Waals surface area contributed by atoms with Crippen molar-refractivity contribution in [3.63, 3.8) is 0 Å². The lowest BCUT2D eigenvalue weighted by molar-refractivity contribution is -0.140. The van der Waals surface area contributed by atoms with Crippen LogP contribution in [0, 0.1) is 11.7 Å². The van der Waals surface area contributed by atoms with Gasteiger partial charge in [-0.3, -0.25) is 4.79 Å². The molecule has 0 radical (unpaired) electrons. The normalized spacial score (nSPS) is 16.3. The second kappa shape index (κ2) is 14.8. The third-order valence-corrected chi connectivity index (χ3v) is 9.02. The standard InChI is InChI=1S/C36H41FN4O6/c1-38-17-11-25(12-18-39-2)24-35(45)15-19-41(20-16-35)34(44)40-28-21-31(23-32(22-28)47-30-9-5-27(37)6-10-30)46-29-7-3-26(4-8-29)36(13-14-36)33(42)43/h3-10,21-23,25,45H,1-2,11-20,24H2,(H,40,44)(H,42,43). The van der Waals surface area contributed by atoms with E-state index in [1.54, 1.807) is 47.4 Å². The molecule has 1 saturated carbocycles. The Morgan fingerprint density at radius 1 is 0.851 bits per heavy atom. The summed E-state index contributed by atoms with van der Waals surface area (Å²) in [7, 11) is 0. The van der Waals surface area contributed by atoms with E-state index in [1.807, 2.05) is 0 Å². The monoisotopic (exact) mass is 644 g/mol. The topological polar surface area (TPSA) is 133 Å². The van der Waals surface area contributed by atoms with Crippen molar-refractivity contribution in [3.05, 3.63) is 78.1 Å². The van der Waals surface area contributed by atoms with Crippen molar-refractivity contribution in [3.8, 4) is 23.0 Å². The number of carboxylic acid groups (broad SMARTS) is 1. The average molecular weight is 645 g/mol. The molecule has 1 aliphatic carbocycles. The number of amides is 2. The van der Waals surface area contributed by atoms with Crippen LogP contribution >= 0.6 is 0 Å². The number of hydrogen-bond acceptors (Lipinski definition) is 7. The lowest BCUT2D eigenvalue weighted by atomic mass is 9.80. The van der Waals surface area contributed by atoms with Crippen LogP contribution in [0.4, 0.5) is 14.9 Å². The largest absolute Gasteiger partial charge is 0.481 e. The van der Waals surface area contributed by atoms with Gasteiger partial charge in [-0.2, -0.15) is 0 Å². The molecule has 2 aliphatic rings. The van der Waals surface area contributed by atoms with Crippen molar-refractivity contribution in [1.82, 2.24) is 4.90 Å². The number of aliphatic hydroxyl groups is 1. The van der Waals surface area contributed by atoms with Gasteiger partial charge in [-0.15, -0.1) is 0 Å². The van der Waals surface area contributed by atoms with Gasteiger partial charge in [0.05, 0.1) is 11.0 Å². The fourth-order valence-corrected chi connectivity index (χ4v) is 6.10. The van der Waals surface area contributed by atoms with Gasteiger partial charge in [0.15, 0.2) is 0 Å². The maximum atomic E-state index is 13.5. The predicted molar refractivity (Wildman–Crippen MR) is 179 cm³/mol. The lowest BCUT2D eigenvalue weighted by Gasteiger charge is -2.40. The van der Waals surface area contributed by atoms with Crippen molar-refractivity contribution in [2.45, 2.75) is 56.0 Å². The molecular formula is C36H41FN4O6. The summed E-state index contributed by atoms with van der Waals surface area (Å²) in [6, 6.07) is 17.1. The first-order chi connectivity index (χ1) is 22.6. The van der Waals surface area contributed by atoms with Crippen molar-refractivity contribution in [1.29, 1.82) is 0 Å². The molecule has 3 aromatic carbocycles. The molecule has 0 atom stereocenters. The van der Waals surface area contributed by atoms with Crippen LogP contribution < -0.4 is 14.8 Å². The summed E-state index contributed by atoms with van der Waals surface area (Å²) in [5, 5.41) is 23.9. The minimum Gasteiger partial charge on any atom is -0.481 e. The highest BCUT2D eigenvalue weighted by molar-refractivity contribution is 5.90. The van der Waals surface area contributed by atoms with Gasteiger partial charge in [0, 0.05) is 50.1 Å². The molecule has 3 N–H and O–H groups in total. The Morgan fingerprint density at radius 3 is 1.87 bits per heavy atom. The Bertz CT molecular complexity index is 1560. The number of rotatable bonds is 15. The fraction of sp³-hybridized carbons (Fsp3) is 0.389. The average Bonchev–Trinajstić information content (AvgIpc) is 3.87. The Balaban J connectivity index is 1.27. The van der Waals surface area contributed by atoms with E-state index in [2.05, 4.69) is 28.7 Å². The molecule has 0 unspecified atom stereocenters. The summed E-state index contributed by atoms with van der Waals surface area (Å²) in [5.41, 5.74) is -0.562. The van der Waals surface area contributed by atoms with Gasteiger partial charge in [-0.25, -0.2) is 9.18 Å². The zero-order valence-electron chi connectivity index (χ0n) is 26.4. The van der Waals surface area contributed by atoms with Gasteiger partial charge in [-0.05, 0) is 106 Å². The number of carbonyl (C=O) groups is 2. The number of hydrogen-bond donors (Lipinski definition) is 3. The number of nitrogens with zero attached hydrogens (tertiary/aromatic N) is 3. The van der Waals surface area contributed by atoms with E-state index in [0.717, 1.165) is 18.4 Å². The quantitative estimate of drug-likeness (QED) is 0.152. The first kappa shape index (κ1) is 33.6. The second-order valence-electron chi connectivity index (χ2n) is 12.4. The molecule has 5 rings (SSSR count). The van der Waals surface area contributed by atoms with Crippen LogP contribution in [0.5, 0.6) is 23.0 Å². The number of benzene rings is 3. The number of halogens is 1. The van der Waals surface area contributed by atoms with Crippen molar-refractivity contribution < 1.29 is 33.7 Å². The van der Waals surface area contributed by atoms with Crippen LogP contribution in [-0.4, -0.2) is 72.3 Å². The molecule has 11 heteroatoms. The molecule has 248 valence electrons. The molecule has 0 aromatic heterocycles. The molecule has 1 heterocycles. The van der Waals surface area contributed by atoms with Crippen LogP contribution in [0.3, 0.4) is 0 Å². The van der Waals surface area contributed by atoms with E-state index in [0.29, 0.717) is 87.0 Å². The predicted octanol–water partition coefficient (Wildman–Crippen LogP) is 7.07. The molecule has 1 saturated heterocycles. The van der Waals surface area contributed by atoms with Crippen molar-refractivity contribution in [2.24, 2.45) is 15.9 Å². The van der Waals surface area contributed by atoms with E-state index in [-0.39, 0.29) is 11.9 Å². The summed E-state index contributed by atoms with van der Waals surface area (Å²) in [6.45, 7) is 9.15. The molecular weight excluding hydrogens is 603 g/mol. The van der Waals surface area contributed by atoms with Crippen LogP contribution in [0.25, 0.3) is 0 Å². The summed E-state index contributed by atoms with van der Waals surface area (Å²) in [4.78, 5) is 34.7. The number of carboxylic acids is 1. The molecule has 3 aromatic rings. The van der Waals surface area contributed by atoms with Crippen molar-refractivity contribution in [2.75, 3.05) is 31.5 Å². The van der Waals surface area contributed by atoms with Gasteiger partial charge in [0.1, 0.15) is 28.8 Å². The summed E-state index contributed by atoms with van der Waals surface area (Å²) in [5.74, 6) is 0.611. The third-order valence-electron chi connectivity index (χ3n) is 9.02. The van der Waals surface area contributed by atoms with Crippen LogP contribution in [0.15, 0.2) is 76.7 Å². The third kappa shape index (κ3) is 8.74. The molecule has 10 nitrogen and oxygen atoms in total. The lowest BCUT2D eigenvalue weighted by Crippen LogP contribution is -2.48. The minimum atomic E-state index is -0.882. The van der Waals surface area contributed by atoms with Gasteiger partial charge >= 0.3 is 12.0 Å². The zero-order chi connectivity index (χ0) is 33.4. The molecule has 0 bridgehead atoms. The minimum absolute atomic E-state index is 0.238. The Kier molecular flexibility index (Phi) is 10.6. The van der Waals surface area contributed by atoms with E-state index >= 15 is 0 Å². The van der Waals surface area contributed by atoms with E-state index in [4.69, 9.17) is 9.47 Å². The van der Waals surface area contributed by atoms with Gasteiger partial charge < -0.3 is 39.9 Å². The van der Waals surface area contributed by atoms with Gasteiger partial charge in [0.2, 0.25) is 0 Å². The maximum absolute atomic E-state index is 13.5. The Labute approximate surface area is 274 Å². The number of piperidine rings is 1. The first-order valence-corrected chi connectivity index (χ1v) is 15.8. The number of aliphatic imine (C=N–C) groups is 2. The number of anilines is 1. The molecule has 1 aliphatic heterocycles. The maximum Gasteiger partial charge on any atom is 0.321 e. The highest BCUT2D eigenvalue weighted by Gasteiger charge is 2.51. The smallest absolute Gasteiger partial charge is 0.321 e. The van der Waals surface area contributed by atoms with Crippen molar-refractivity contribution >= 4 is 31.1 Å². The molecule has 2 fully saturated rings. The van der Waals surface area contributed by atoms with Crippen LogP contribution in [0.2, 0.25) is 0 Å². The summed E-state index contributed by atoms with van der Waals surface area (Å²) in [6.07, 6.45) is 4.34. The van der Waals surface area contributed by atoms with E-state index < -0.39 is 22.8 Å². The number of likely N-dealkylation sites (tertiary alicyclic amines) is 1.